The molecule has 15 heteroatoms. The molecule has 0 unspecified atom stereocenters. The summed E-state index contributed by atoms with van der Waals surface area (Å²) in [6.45, 7) is 5.22. The largest absolute Gasteiger partial charge is 0.469 e. The molecule has 0 aromatic rings. The molecule has 1 heterocycles. The van der Waals surface area contributed by atoms with Crippen LogP contribution in [0.3, 0.4) is 0 Å². The zero-order chi connectivity index (χ0) is 41.3. The van der Waals surface area contributed by atoms with Gasteiger partial charge in [-0.1, -0.05) is 103 Å². The Hall–Kier alpha value is -2.69. The minimum Gasteiger partial charge on any atom is -0.469 e. The molecule has 15 nitrogen and oxygen atoms in total. The first kappa shape index (κ1) is 52.3. The van der Waals surface area contributed by atoms with Crippen LogP contribution in [0.1, 0.15) is 148 Å². The van der Waals surface area contributed by atoms with E-state index in [2.05, 4.69) is 10.1 Å². The highest BCUT2D eigenvalue weighted by molar-refractivity contribution is 6.01. The molecule has 1 aliphatic heterocycles. The Morgan fingerprint density at radius 2 is 0.772 bits per heavy atom. The quantitative estimate of drug-likeness (QED) is 0.0421. The van der Waals surface area contributed by atoms with Gasteiger partial charge in [-0.3, -0.25) is 19.2 Å². The number of methoxy groups -OCH3 is 1. The van der Waals surface area contributed by atoms with Gasteiger partial charge in [0, 0.05) is 32.2 Å². The van der Waals surface area contributed by atoms with Gasteiger partial charge in [0.2, 0.25) is 5.91 Å². The van der Waals surface area contributed by atoms with Crippen LogP contribution >= 0.6 is 0 Å². The van der Waals surface area contributed by atoms with Crippen molar-refractivity contribution in [1.82, 2.24) is 10.4 Å². The maximum absolute atomic E-state index is 12.0. The molecule has 1 fully saturated rings. The van der Waals surface area contributed by atoms with Crippen molar-refractivity contribution < 1.29 is 62.0 Å². The van der Waals surface area contributed by atoms with Gasteiger partial charge in [0.15, 0.2) is 0 Å². The smallest absolute Gasteiger partial charge is 0.335 e. The Morgan fingerprint density at radius 1 is 0.439 bits per heavy atom. The Balaban J connectivity index is 1.67. The number of esters is 1. The van der Waals surface area contributed by atoms with E-state index < -0.39 is 17.8 Å². The molecule has 0 bridgehead atoms. The summed E-state index contributed by atoms with van der Waals surface area (Å²) < 4.78 is 37.3. The lowest BCUT2D eigenvalue weighted by Crippen LogP contribution is -2.32. The fourth-order valence-corrected chi connectivity index (χ4v) is 6.00. The number of rotatable bonds is 43. The van der Waals surface area contributed by atoms with E-state index in [-0.39, 0.29) is 44.4 Å². The van der Waals surface area contributed by atoms with Gasteiger partial charge in [-0.05, 0) is 12.8 Å². The second kappa shape index (κ2) is 40.1. The maximum Gasteiger partial charge on any atom is 0.335 e. The molecule has 1 saturated heterocycles. The summed E-state index contributed by atoms with van der Waals surface area (Å²) in [5, 5.41) is 3.44. The van der Waals surface area contributed by atoms with Gasteiger partial charge in [-0.2, -0.15) is 0 Å². The highest BCUT2D eigenvalue weighted by Crippen LogP contribution is 2.15. The number of imide groups is 1. The lowest BCUT2D eigenvalue weighted by molar-refractivity contribution is -0.198. The van der Waals surface area contributed by atoms with E-state index in [1.807, 2.05) is 0 Å². The van der Waals surface area contributed by atoms with Crippen molar-refractivity contribution in [2.24, 2.45) is 0 Å². The molecule has 0 spiro atoms. The van der Waals surface area contributed by atoms with Gasteiger partial charge in [0.25, 0.3) is 11.8 Å². The van der Waals surface area contributed by atoms with Crippen molar-refractivity contribution in [2.45, 2.75) is 148 Å². The van der Waals surface area contributed by atoms with Crippen LogP contribution < -0.4 is 5.32 Å². The summed E-state index contributed by atoms with van der Waals surface area (Å²) in [5.74, 6) is -1.72. The summed E-state index contributed by atoms with van der Waals surface area (Å²) >= 11 is 0. The van der Waals surface area contributed by atoms with Crippen molar-refractivity contribution >= 4 is 29.7 Å². The standard InChI is InChI=1S/C42H76N2O13/c1-50-41(48)21-19-17-15-13-11-9-7-5-3-2-4-6-8-10-12-14-16-18-20-38(45)43-25-27-52-29-31-54-33-35-56-37-36-55-34-32-53-30-28-51-26-24-42(49)57-44-39(46)22-23-40(44)47/h2-37H2,1H3,(H,43,45). The first-order valence-electron chi connectivity index (χ1n) is 21.8. The Bertz CT molecular complexity index is 1000. The fraction of sp³-hybridized carbons (Fsp3) is 0.881. The predicted octanol–water partition coefficient (Wildman–Crippen LogP) is 6.17. The molecule has 57 heavy (non-hydrogen) atoms. The number of hydrogen-bond donors (Lipinski definition) is 1. The zero-order valence-corrected chi connectivity index (χ0v) is 35.2. The second-order valence-corrected chi connectivity index (χ2v) is 14.3. The van der Waals surface area contributed by atoms with Crippen LogP contribution in [0.15, 0.2) is 0 Å². The molecular formula is C42H76N2O13. The topological polar surface area (TPSA) is 174 Å². The average molecular weight is 817 g/mol. The van der Waals surface area contributed by atoms with E-state index in [1.165, 1.54) is 97.0 Å². The highest BCUT2D eigenvalue weighted by atomic mass is 16.7. The lowest BCUT2D eigenvalue weighted by Gasteiger charge is -2.12. The number of amides is 3. The van der Waals surface area contributed by atoms with Crippen LogP contribution in [0.2, 0.25) is 0 Å². The summed E-state index contributed by atoms with van der Waals surface area (Å²) in [6, 6.07) is 0. The molecule has 0 aliphatic carbocycles. The minimum absolute atomic E-state index is 0.0592. The van der Waals surface area contributed by atoms with Crippen molar-refractivity contribution in [3.8, 4) is 0 Å². The molecule has 0 aromatic carbocycles. The predicted molar refractivity (Wildman–Crippen MR) is 214 cm³/mol. The number of ether oxygens (including phenoxy) is 7. The summed E-state index contributed by atoms with van der Waals surface area (Å²) in [4.78, 5) is 62.4. The zero-order valence-electron chi connectivity index (χ0n) is 35.2. The monoisotopic (exact) mass is 817 g/mol. The number of carbonyl (C=O) groups is 5. The number of nitrogens with one attached hydrogen (secondary N) is 1. The van der Waals surface area contributed by atoms with Crippen molar-refractivity contribution in [2.75, 3.05) is 92.9 Å². The number of hydrogen-bond acceptors (Lipinski definition) is 13. The average Bonchev–Trinajstić information content (AvgIpc) is 3.52. The third-order valence-corrected chi connectivity index (χ3v) is 9.34. The van der Waals surface area contributed by atoms with Gasteiger partial charge in [0.1, 0.15) is 0 Å². The molecule has 1 rings (SSSR count). The summed E-state index contributed by atoms with van der Waals surface area (Å²) in [7, 11) is 1.45. The molecule has 3 amide bonds. The van der Waals surface area contributed by atoms with E-state index in [0.717, 1.165) is 25.7 Å². The van der Waals surface area contributed by atoms with Crippen LogP contribution in [0.4, 0.5) is 0 Å². The number of carbonyl (C=O) groups excluding carboxylic acids is 5. The molecule has 0 radical (unpaired) electrons. The minimum atomic E-state index is -0.698. The normalized spacial score (nSPS) is 12.8. The lowest BCUT2D eigenvalue weighted by atomic mass is 10.0. The van der Waals surface area contributed by atoms with Gasteiger partial charge in [0.05, 0.1) is 92.8 Å². The number of nitrogens with zero attached hydrogens (tertiary/aromatic N) is 1. The Kier molecular flexibility index (Phi) is 36.8. The van der Waals surface area contributed by atoms with E-state index in [1.54, 1.807) is 0 Å². The van der Waals surface area contributed by atoms with Crippen molar-refractivity contribution in [3.63, 3.8) is 0 Å². The SMILES string of the molecule is COC(=O)CCCCCCCCCCCCCCCCCCCCC(=O)NCCOCCOCCOCCOCCOCCOCCC(=O)ON1C(=O)CCC1=O. The van der Waals surface area contributed by atoms with Crippen LogP contribution in [0.25, 0.3) is 0 Å². The Labute approximate surface area is 342 Å². The third-order valence-electron chi connectivity index (χ3n) is 9.34. The highest BCUT2D eigenvalue weighted by Gasteiger charge is 2.32. The summed E-state index contributed by atoms with van der Waals surface area (Å²) in [5.41, 5.74) is 0. The van der Waals surface area contributed by atoms with Gasteiger partial charge < -0.3 is 43.3 Å². The van der Waals surface area contributed by atoms with Gasteiger partial charge in [-0.15, -0.1) is 5.06 Å². The van der Waals surface area contributed by atoms with E-state index in [0.29, 0.717) is 90.5 Å². The molecule has 0 aromatic heterocycles. The van der Waals surface area contributed by atoms with Crippen LogP contribution in [-0.2, 0) is 62.0 Å². The Morgan fingerprint density at radius 3 is 1.16 bits per heavy atom. The van der Waals surface area contributed by atoms with Crippen molar-refractivity contribution in [3.05, 3.63) is 0 Å². The molecule has 0 atom stereocenters. The van der Waals surface area contributed by atoms with E-state index >= 15 is 0 Å². The van der Waals surface area contributed by atoms with E-state index in [9.17, 15) is 24.0 Å². The molecule has 1 aliphatic rings. The fourth-order valence-electron chi connectivity index (χ4n) is 6.00. The second-order valence-electron chi connectivity index (χ2n) is 14.3. The van der Waals surface area contributed by atoms with Crippen LogP contribution in [0, 0.1) is 0 Å². The van der Waals surface area contributed by atoms with Crippen LogP contribution in [0.5, 0.6) is 0 Å². The number of hydroxylamine groups is 2. The number of unbranched alkanes of at least 4 members (excludes halogenated alkanes) is 17. The molecular weight excluding hydrogens is 740 g/mol. The maximum atomic E-state index is 12.0. The third kappa shape index (κ3) is 35.0. The molecule has 1 N–H and O–H groups in total. The van der Waals surface area contributed by atoms with Gasteiger partial charge >= 0.3 is 11.9 Å². The molecule has 0 saturated carbocycles. The van der Waals surface area contributed by atoms with E-state index in [4.69, 9.17) is 33.3 Å². The van der Waals surface area contributed by atoms with Crippen LogP contribution in [-0.4, -0.2) is 128 Å². The summed E-state index contributed by atoms with van der Waals surface area (Å²) in [6.07, 6.45) is 23.7. The van der Waals surface area contributed by atoms with Gasteiger partial charge in [-0.25, -0.2) is 4.79 Å². The first-order valence-corrected chi connectivity index (χ1v) is 21.8. The molecule has 332 valence electrons. The van der Waals surface area contributed by atoms with Crippen molar-refractivity contribution in [1.29, 1.82) is 0 Å². The first-order chi connectivity index (χ1) is 27.9.